The predicted octanol–water partition coefficient (Wildman–Crippen LogP) is 5.64. The molecule has 162 valence electrons. The van der Waals surface area contributed by atoms with Crippen LogP contribution >= 0.6 is 0 Å². The van der Waals surface area contributed by atoms with Crippen LogP contribution in [-0.2, 0) is 11.3 Å². The third-order valence-electron chi connectivity index (χ3n) is 4.97. The minimum Gasteiger partial charge on any atom is -0.490 e. The lowest BCUT2D eigenvalue weighted by molar-refractivity contribution is -0.118. The number of benzene rings is 3. The van der Waals surface area contributed by atoms with Gasteiger partial charge >= 0.3 is 0 Å². The second-order valence-electron chi connectivity index (χ2n) is 7.57. The van der Waals surface area contributed by atoms with Gasteiger partial charge in [0.25, 0.3) is 5.91 Å². The Kier molecular flexibility index (Phi) is 7.55. The van der Waals surface area contributed by atoms with Gasteiger partial charge in [-0.05, 0) is 86.3 Å². The van der Waals surface area contributed by atoms with E-state index in [9.17, 15) is 4.79 Å². The number of carbonyl (C=O) groups excluding carboxylic acids is 1. The molecule has 0 saturated heterocycles. The minimum absolute atomic E-state index is 0.0890. The van der Waals surface area contributed by atoms with Gasteiger partial charge in [-0.25, -0.2) is 0 Å². The molecule has 1 amide bonds. The van der Waals surface area contributed by atoms with Crippen molar-refractivity contribution >= 4 is 17.3 Å². The van der Waals surface area contributed by atoms with Gasteiger partial charge in [0.1, 0.15) is 0 Å². The van der Waals surface area contributed by atoms with Gasteiger partial charge in [0.2, 0.25) is 0 Å². The van der Waals surface area contributed by atoms with Crippen LogP contribution in [0.5, 0.6) is 11.5 Å². The molecule has 5 nitrogen and oxygen atoms in total. The van der Waals surface area contributed by atoms with Crippen LogP contribution in [0.15, 0.2) is 60.7 Å². The Labute approximate surface area is 184 Å². The van der Waals surface area contributed by atoms with Crippen molar-refractivity contribution in [3.8, 4) is 11.5 Å². The number of rotatable bonds is 9. The maximum absolute atomic E-state index is 12.3. The lowest BCUT2D eigenvalue weighted by Crippen LogP contribution is -2.20. The van der Waals surface area contributed by atoms with Crippen LogP contribution in [0.4, 0.5) is 11.4 Å². The fourth-order valence-corrected chi connectivity index (χ4v) is 3.17. The van der Waals surface area contributed by atoms with Gasteiger partial charge in [-0.1, -0.05) is 24.3 Å². The predicted molar refractivity (Wildman–Crippen MR) is 126 cm³/mol. The molecule has 0 atom stereocenters. The zero-order chi connectivity index (χ0) is 22.2. The van der Waals surface area contributed by atoms with E-state index in [2.05, 4.69) is 42.7 Å². The number of aryl methyl sites for hydroxylation is 3. The lowest BCUT2D eigenvalue weighted by atomic mass is 10.1. The summed E-state index contributed by atoms with van der Waals surface area (Å²) in [5.74, 6) is 0.968. The summed E-state index contributed by atoms with van der Waals surface area (Å²) < 4.78 is 11.5. The van der Waals surface area contributed by atoms with E-state index < -0.39 is 0 Å². The highest BCUT2D eigenvalue weighted by Gasteiger charge is 2.10. The van der Waals surface area contributed by atoms with E-state index in [1.807, 2.05) is 56.3 Å². The zero-order valence-corrected chi connectivity index (χ0v) is 18.6. The largest absolute Gasteiger partial charge is 0.490 e. The maximum Gasteiger partial charge on any atom is 0.262 e. The first-order chi connectivity index (χ1) is 14.9. The van der Waals surface area contributed by atoms with Crippen LogP contribution in [0.1, 0.15) is 29.2 Å². The molecule has 0 aliphatic carbocycles. The number of nitrogens with one attached hydrogen (secondary N) is 2. The average Bonchev–Trinajstić information content (AvgIpc) is 2.74. The van der Waals surface area contributed by atoms with Gasteiger partial charge in [-0.2, -0.15) is 0 Å². The Morgan fingerprint density at radius 2 is 1.68 bits per heavy atom. The summed E-state index contributed by atoms with van der Waals surface area (Å²) in [5.41, 5.74) is 6.52. The molecule has 31 heavy (non-hydrogen) atoms. The molecule has 3 aromatic carbocycles. The molecule has 2 N–H and O–H groups in total. The van der Waals surface area contributed by atoms with Crippen molar-refractivity contribution < 1.29 is 14.3 Å². The molecular weight excluding hydrogens is 388 g/mol. The molecular formula is C26H30N2O3. The fourth-order valence-electron chi connectivity index (χ4n) is 3.17. The molecule has 0 spiro atoms. The van der Waals surface area contributed by atoms with E-state index in [-0.39, 0.29) is 12.5 Å². The summed E-state index contributed by atoms with van der Waals surface area (Å²) in [6, 6.07) is 19.8. The van der Waals surface area contributed by atoms with Crippen LogP contribution in [0, 0.1) is 20.8 Å². The SMILES string of the molecule is CCOc1cc(CNc2ccc(C)c(C)c2)ccc1OCC(=O)Nc1cccc(C)c1. The first-order valence-corrected chi connectivity index (χ1v) is 10.5. The molecule has 0 aliphatic heterocycles. The Balaban J connectivity index is 1.61. The molecule has 0 heterocycles. The third kappa shape index (κ3) is 6.51. The summed E-state index contributed by atoms with van der Waals surface area (Å²) in [4.78, 5) is 12.3. The smallest absolute Gasteiger partial charge is 0.262 e. The van der Waals surface area contributed by atoms with Crippen LogP contribution in [0.3, 0.4) is 0 Å². The Hall–Kier alpha value is -3.47. The number of anilines is 2. The van der Waals surface area contributed by atoms with E-state index in [0.717, 1.165) is 22.5 Å². The Bertz CT molecular complexity index is 1050. The number of hydrogen-bond acceptors (Lipinski definition) is 4. The normalized spacial score (nSPS) is 10.5. The van der Waals surface area contributed by atoms with Crippen molar-refractivity contribution in [1.82, 2.24) is 0 Å². The van der Waals surface area contributed by atoms with Crippen molar-refractivity contribution in [2.24, 2.45) is 0 Å². The summed E-state index contributed by atoms with van der Waals surface area (Å²) >= 11 is 0. The van der Waals surface area contributed by atoms with Crippen LogP contribution < -0.4 is 20.1 Å². The highest BCUT2D eigenvalue weighted by atomic mass is 16.5. The molecule has 0 fully saturated rings. The first kappa shape index (κ1) is 22.2. The number of hydrogen-bond donors (Lipinski definition) is 2. The van der Waals surface area contributed by atoms with Crippen LogP contribution in [0.25, 0.3) is 0 Å². The van der Waals surface area contributed by atoms with Gasteiger partial charge in [0.05, 0.1) is 6.61 Å². The second kappa shape index (κ2) is 10.5. The van der Waals surface area contributed by atoms with E-state index in [4.69, 9.17) is 9.47 Å². The average molecular weight is 419 g/mol. The molecule has 5 heteroatoms. The number of carbonyl (C=O) groups is 1. The molecule has 0 aromatic heterocycles. The third-order valence-corrected chi connectivity index (χ3v) is 4.97. The van der Waals surface area contributed by atoms with Crippen molar-refractivity contribution in [2.75, 3.05) is 23.8 Å². The summed E-state index contributed by atoms with van der Waals surface area (Å²) in [5, 5.41) is 6.29. The van der Waals surface area contributed by atoms with Gasteiger partial charge < -0.3 is 20.1 Å². The van der Waals surface area contributed by atoms with Crippen molar-refractivity contribution in [3.63, 3.8) is 0 Å². The maximum atomic E-state index is 12.3. The number of ether oxygens (including phenoxy) is 2. The van der Waals surface area contributed by atoms with E-state index >= 15 is 0 Å². The summed E-state index contributed by atoms with van der Waals surface area (Å²) in [6.45, 7) is 9.21. The van der Waals surface area contributed by atoms with Crippen molar-refractivity contribution in [1.29, 1.82) is 0 Å². The molecule has 3 rings (SSSR count). The molecule has 0 aliphatic rings. The zero-order valence-electron chi connectivity index (χ0n) is 18.6. The van der Waals surface area contributed by atoms with Crippen molar-refractivity contribution in [3.05, 3.63) is 82.9 Å². The fraction of sp³-hybridized carbons (Fsp3) is 0.269. The lowest BCUT2D eigenvalue weighted by Gasteiger charge is -2.14. The summed E-state index contributed by atoms with van der Waals surface area (Å²) in [6.07, 6.45) is 0. The monoisotopic (exact) mass is 418 g/mol. The minimum atomic E-state index is -0.214. The highest BCUT2D eigenvalue weighted by Crippen LogP contribution is 2.29. The van der Waals surface area contributed by atoms with Crippen molar-refractivity contribution in [2.45, 2.75) is 34.2 Å². The van der Waals surface area contributed by atoms with Gasteiger partial charge in [0, 0.05) is 17.9 Å². The Morgan fingerprint density at radius 1 is 0.839 bits per heavy atom. The first-order valence-electron chi connectivity index (χ1n) is 10.5. The second-order valence-corrected chi connectivity index (χ2v) is 7.57. The topological polar surface area (TPSA) is 59.6 Å². The molecule has 3 aromatic rings. The molecule has 0 saturated carbocycles. The standard InChI is InChI=1S/C26H30N2O3/c1-5-30-25-15-21(16-27-22-11-9-19(3)20(4)14-22)10-12-24(25)31-17-26(29)28-23-8-6-7-18(2)13-23/h6-15,27H,5,16-17H2,1-4H3,(H,28,29). The number of amides is 1. The quantitative estimate of drug-likeness (QED) is 0.472. The van der Waals surface area contributed by atoms with Gasteiger partial charge in [-0.3, -0.25) is 4.79 Å². The molecule has 0 unspecified atom stereocenters. The van der Waals surface area contributed by atoms with E-state index in [0.29, 0.717) is 24.7 Å². The van der Waals surface area contributed by atoms with Crippen LogP contribution in [0.2, 0.25) is 0 Å². The Morgan fingerprint density at radius 3 is 2.42 bits per heavy atom. The van der Waals surface area contributed by atoms with E-state index in [1.54, 1.807) is 0 Å². The van der Waals surface area contributed by atoms with E-state index in [1.165, 1.54) is 11.1 Å². The van der Waals surface area contributed by atoms with Gasteiger partial charge in [-0.15, -0.1) is 0 Å². The molecule has 0 radical (unpaired) electrons. The highest BCUT2D eigenvalue weighted by molar-refractivity contribution is 5.92. The molecule has 0 bridgehead atoms. The van der Waals surface area contributed by atoms with Gasteiger partial charge in [0.15, 0.2) is 18.1 Å². The summed E-state index contributed by atoms with van der Waals surface area (Å²) in [7, 11) is 0. The van der Waals surface area contributed by atoms with Crippen LogP contribution in [-0.4, -0.2) is 19.1 Å².